The third kappa shape index (κ3) is 1.32. The van der Waals surface area contributed by atoms with Gasteiger partial charge in [-0.15, -0.1) is 0 Å². The molecule has 2 N–H and O–H groups in total. The molecule has 3 rings (SSSR count). The summed E-state index contributed by atoms with van der Waals surface area (Å²) in [6, 6.07) is 8.05. The molecular weight excluding hydrogens is 200 g/mol. The predicted octanol–water partition coefficient (Wildman–Crippen LogP) is 2.65. The molecule has 1 aromatic heterocycles. The van der Waals surface area contributed by atoms with Gasteiger partial charge in [0.05, 0.1) is 11.6 Å². The minimum Gasteiger partial charge on any atom is -0.445 e. The minimum absolute atomic E-state index is 0.0383. The molecule has 0 saturated heterocycles. The van der Waals surface area contributed by atoms with Gasteiger partial charge >= 0.3 is 0 Å². The summed E-state index contributed by atoms with van der Waals surface area (Å²) < 4.78 is 5.65. The molecule has 2 aromatic rings. The third-order valence-electron chi connectivity index (χ3n) is 3.28. The van der Waals surface area contributed by atoms with Gasteiger partial charge in [0.2, 0.25) is 0 Å². The Morgan fingerprint density at radius 3 is 2.75 bits per heavy atom. The van der Waals surface area contributed by atoms with Crippen LogP contribution in [0.15, 0.2) is 34.9 Å². The molecule has 0 aliphatic heterocycles. The molecule has 1 saturated carbocycles. The number of anilines is 1. The summed E-state index contributed by atoms with van der Waals surface area (Å²) in [6.07, 6.45) is 4.07. The lowest BCUT2D eigenvalue weighted by molar-refractivity contribution is 0.450. The second-order valence-corrected chi connectivity index (χ2v) is 4.45. The van der Waals surface area contributed by atoms with Crippen LogP contribution in [0.5, 0.6) is 0 Å². The highest BCUT2D eigenvalue weighted by Gasteiger charge is 2.49. The van der Waals surface area contributed by atoms with Crippen LogP contribution in [0, 0.1) is 6.92 Å². The maximum absolute atomic E-state index is 5.82. The van der Waals surface area contributed by atoms with E-state index in [-0.39, 0.29) is 5.41 Å². The zero-order valence-corrected chi connectivity index (χ0v) is 9.23. The normalized spacial score (nSPS) is 17.3. The van der Waals surface area contributed by atoms with Gasteiger partial charge in [0.15, 0.2) is 5.89 Å². The van der Waals surface area contributed by atoms with E-state index >= 15 is 0 Å². The lowest BCUT2D eigenvalue weighted by atomic mass is 9.93. The van der Waals surface area contributed by atoms with E-state index in [0.29, 0.717) is 0 Å². The molecule has 0 radical (unpaired) electrons. The van der Waals surface area contributed by atoms with Gasteiger partial charge in [-0.2, -0.15) is 0 Å². The molecule has 0 unspecified atom stereocenters. The average Bonchev–Trinajstić information content (AvgIpc) is 2.97. The van der Waals surface area contributed by atoms with Crippen LogP contribution in [0.3, 0.4) is 0 Å². The molecule has 3 nitrogen and oxygen atoms in total. The van der Waals surface area contributed by atoms with Crippen molar-refractivity contribution < 1.29 is 4.42 Å². The molecule has 3 heteroatoms. The number of aryl methyl sites for hydroxylation is 1. The lowest BCUT2D eigenvalue weighted by Crippen LogP contribution is -2.07. The number of nitrogens with two attached hydrogens (primary N) is 1. The van der Waals surface area contributed by atoms with Crippen molar-refractivity contribution in [3.8, 4) is 0 Å². The van der Waals surface area contributed by atoms with Crippen LogP contribution in [-0.2, 0) is 5.41 Å². The zero-order chi connectivity index (χ0) is 11.2. The highest BCUT2D eigenvalue weighted by Crippen LogP contribution is 2.53. The Bertz CT molecular complexity index is 526. The number of aromatic nitrogens is 1. The van der Waals surface area contributed by atoms with E-state index in [1.54, 1.807) is 0 Å². The lowest BCUT2D eigenvalue weighted by Gasteiger charge is -2.12. The Labute approximate surface area is 94.3 Å². The predicted molar refractivity (Wildman–Crippen MR) is 62.1 cm³/mol. The highest BCUT2D eigenvalue weighted by atomic mass is 16.4. The highest BCUT2D eigenvalue weighted by molar-refractivity contribution is 5.48. The summed E-state index contributed by atoms with van der Waals surface area (Å²) in [7, 11) is 0. The third-order valence-corrected chi connectivity index (χ3v) is 3.28. The van der Waals surface area contributed by atoms with Crippen molar-refractivity contribution in [3.63, 3.8) is 0 Å². The van der Waals surface area contributed by atoms with Crippen molar-refractivity contribution in [2.75, 3.05) is 5.73 Å². The van der Waals surface area contributed by atoms with Crippen LogP contribution in [0.1, 0.15) is 30.1 Å². The van der Waals surface area contributed by atoms with Crippen LogP contribution in [0.2, 0.25) is 0 Å². The van der Waals surface area contributed by atoms with Crippen molar-refractivity contribution in [2.24, 2.45) is 0 Å². The average molecular weight is 214 g/mol. The minimum atomic E-state index is 0.0383. The Kier molecular flexibility index (Phi) is 1.84. The number of nitrogen functional groups attached to an aromatic ring is 1. The number of hydrogen-bond donors (Lipinski definition) is 1. The summed E-state index contributed by atoms with van der Waals surface area (Å²) in [5, 5.41) is 0. The zero-order valence-electron chi connectivity index (χ0n) is 9.23. The Morgan fingerprint density at radius 1 is 1.38 bits per heavy atom. The molecular formula is C13H14N2O. The fraction of sp³-hybridized carbons (Fsp3) is 0.308. The van der Waals surface area contributed by atoms with Crippen molar-refractivity contribution in [1.82, 2.24) is 4.98 Å². The molecule has 1 heterocycles. The van der Waals surface area contributed by atoms with Gasteiger partial charge in [0, 0.05) is 12.6 Å². The number of oxazole rings is 1. The maximum atomic E-state index is 5.82. The van der Waals surface area contributed by atoms with Crippen molar-refractivity contribution >= 4 is 5.69 Å². The van der Waals surface area contributed by atoms with E-state index in [4.69, 9.17) is 10.2 Å². The van der Waals surface area contributed by atoms with Gasteiger partial charge in [-0.1, -0.05) is 12.1 Å². The molecule has 0 bridgehead atoms. The second kappa shape index (κ2) is 3.11. The molecule has 0 amide bonds. The van der Waals surface area contributed by atoms with Gasteiger partial charge in [0.25, 0.3) is 0 Å². The van der Waals surface area contributed by atoms with Gasteiger partial charge in [-0.25, -0.2) is 4.98 Å². The molecule has 1 fully saturated rings. The summed E-state index contributed by atoms with van der Waals surface area (Å²) in [6.45, 7) is 1.87. The topological polar surface area (TPSA) is 52.0 Å². The summed E-state index contributed by atoms with van der Waals surface area (Å²) in [5.41, 5.74) is 7.90. The first-order chi connectivity index (χ1) is 7.71. The molecule has 16 heavy (non-hydrogen) atoms. The summed E-state index contributed by atoms with van der Waals surface area (Å²) >= 11 is 0. The molecule has 0 spiro atoms. The molecule has 1 aromatic carbocycles. The molecule has 1 aliphatic rings. The summed E-state index contributed by atoms with van der Waals surface area (Å²) in [5.74, 6) is 1.70. The van der Waals surface area contributed by atoms with Crippen LogP contribution in [-0.4, -0.2) is 4.98 Å². The van der Waals surface area contributed by atoms with E-state index in [2.05, 4.69) is 11.1 Å². The van der Waals surface area contributed by atoms with Crippen LogP contribution >= 0.6 is 0 Å². The van der Waals surface area contributed by atoms with E-state index in [9.17, 15) is 0 Å². The van der Waals surface area contributed by atoms with E-state index in [1.165, 1.54) is 5.56 Å². The maximum Gasteiger partial charge on any atom is 0.191 e. The smallest absolute Gasteiger partial charge is 0.191 e. The van der Waals surface area contributed by atoms with Gasteiger partial charge in [0.1, 0.15) is 5.76 Å². The molecule has 0 atom stereocenters. The van der Waals surface area contributed by atoms with Crippen LogP contribution < -0.4 is 5.73 Å². The number of benzene rings is 1. The van der Waals surface area contributed by atoms with E-state index in [1.807, 2.05) is 31.3 Å². The van der Waals surface area contributed by atoms with Gasteiger partial charge < -0.3 is 10.2 Å². The van der Waals surface area contributed by atoms with Gasteiger partial charge in [-0.3, -0.25) is 0 Å². The quantitative estimate of drug-likeness (QED) is 0.782. The second-order valence-electron chi connectivity index (χ2n) is 4.45. The molecule has 82 valence electrons. The Balaban J connectivity index is 2.06. The summed E-state index contributed by atoms with van der Waals surface area (Å²) in [4.78, 5) is 4.17. The van der Waals surface area contributed by atoms with E-state index in [0.717, 1.165) is 30.2 Å². The van der Waals surface area contributed by atoms with Crippen LogP contribution in [0.25, 0.3) is 0 Å². The number of rotatable bonds is 2. The SMILES string of the molecule is Cc1ncc(C2(c3cccc(N)c3)CC2)o1. The first-order valence-corrected chi connectivity index (χ1v) is 5.50. The van der Waals surface area contributed by atoms with Crippen molar-refractivity contribution in [3.05, 3.63) is 47.7 Å². The van der Waals surface area contributed by atoms with Gasteiger partial charge in [-0.05, 0) is 30.5 Å². The van der Waals surface area contributed by atoms with Crippen LogP contribution in [0.4, 0.5) is 5.69 Å². The number of nitrogens with zero attached hydrogens (tertiary/aromatic N) is 1. The first kappa shape index (κ1) is 9.46. The Hall–Kier alpha value is -1.77. The fourth-order valence-corrected chi connectivity index (χ4v) is 2.22. The largest absolute Gasteiger partial charge is 0.445 e. The Morgan fingerprint density at radius 2 is 2.19 bits per heavy atom. The fourth-order valence-electron chi connectivity index (χ4n) is 2.22. The molecule has 1 aliphatic carbocycles. The van der Waals surface area contributed by atoms with Crippen molar-refractivity contribution in [2.45, 2.75) is 25.2 Å². The van der Waals surface area contributed by atoms with Crippen molar-refractivity contribution in [1.29, 1.82) is 0 Å². The monoisotopic (exact) mass is 214 g/mol. The first-order valence-electron chi connectivity index (χ1n) is 5.50. The standard InChI is InChI=1S/C13H14N2O/c1-9-15-8-12(16-9)13(5-6-13)10-3-2-4-11(14)7-10/h2-4,7-8H,5-6,14H2,1H3. The number of hydrogen-bond acceptors (Lipinski definition) is 3. The van der Waals surface area contributed by atoms with E-state index < -0.39 is 0 Å².